The number of hydrogen-bond acceptors (Lipinski definition) is 11. The molecule has 61 heavy (non-hydrogen) atoms. The van der Waals surface area contributed by atoms with E-state index in [0.717, 1.165) is 99.5 Å². The highest BCUT2D eigenvalue weighted by Gasteiger charge is 2.33. The third-order valence-electron chi connectivity index (χ3n) is 12.7. The molecule has 9 rings (SSSR count). The monoisotopic (exact) mass is 824 g/mol. The first-order valence-electron chi connectivity index (χ1n) is 21.5. The van der Waals surface area contributed by atoms with Gasteiger partial charge in [-0.1, -0.05) is 42.5 Å². The number of likely N-dealkylation sites (tertiary alicyclic amines) is 1. The normalized spacial score (nSPS) is 21.1. The largest absolute Gasteiger partial charge is 0.484 e. The number of anilines is 3. The Hall–Kier alpha value is -6.35. The molecule has 4 fully saturated rings. The van der Waals surface area contributed by atoms with E-state index in [1.807, 2.05) is 53.7 Å². The van der Waals surface area contributed by atoms with Crippen molar-refractivity contribution < 1.29 is 23.9 Å². The summed E-state index contributed by atoms with van der Waals surface area (Å²) < 4.78 is 7.96. The number of fused-ring (bicyclic) bond motifs is 1. The predicted molar refractivity (Wildman–Crippen MR) is 230 cm³/mol. The van der Waals surface area contributed by atoms with Crippen LogP contribution in [0.2, 0.25) is 0 Å². The fourth-order valence-electron chi connectivity index (χ4n) is 9.08. The highest BCUT2D eigenvalue weighted by molar-refractivity contribution is 6.01. The van der Waals surface area contributed by atoms with Crippen LogP contribution in [0.4, 0.5) is 17.2 Å². The van der Waals surface area contributed by atoms with Gasteiger partial charge in [0.2, 0.25) is 17.7 Å². The van der Waals surface area contributed by atoms with Crippen LogP contribution in [-0.4, -0.2) is 111 Å². The molecule has 3 aromatic carbocycles. The zero-order chi connectivity index (χ0) is 41.7. The van der Waals surface area contributed by atoms with Crippen LogP contribution in [-0.2, 0) is 25.6 Å². The summed E-state index contributed by atoms with van der Waals surface area (Å²) in [7, 11) is 0. The maximum absolute atomic E-state index is 13.0. The van der Waals surface area contributed by atoms with Crippen molar-refractivity contribution in [3.8, 4) is 5.75 Å². The number of rotatable bonds is 13. The van der Waals surface area contributed by atoms with Crippen LogP contribution in [0.5, 0.6) is 5.75 Å². The zero-order valence-corrected chi connectivity index (χ0v) is 34.2. The van der Waals surface area contributed by atoms with E-state index in [2.05, 4.69) is 69.5 Å². The maximum Gasteiger partial charge on any atom is 0.260 e. The number of piperidine rings is 2. The molecular formula is C46H52N10O5. The van der Waals surface area contributed by atoms with Crippen molar-refractivity contribution >= 4 is 52.0 Å². The van der Waals surface area contributed by atoms with Gasteiger partial charge < -0.3 is 29.7 Å². The van der Waals surface area contributed by atoms with Crippen LogP contribution in [0.3, 0.4) is 0 Å². The highest BCUT2D eigenvalue weighted by atomic mass is 16.5. The Kier molecular flexibility index (Phi) is 11.9. The Morgan fingerprint density at radius 1 is 0.836 bits per heavy atom. The summed E-state index contributed by atoms with van der Waals surface area (Å²) in [5.74, 6) is 0.864. The van der Waals surface area contributed by atoms with Crippen LogP contribution < -0.4 is 25.6 Å². The molecule has 2 aromatic heterocycles. The van der Waals surface area contributed by atoms with Gasteiger partial charge in [0, 0.05) is 75.7 Å². The van der Waals surface area contributed by atoms with Crippen molar-refractivity contribution in [2.45, 2.75) is 62.9 Å². The first kappa shape index (κ1) is 40.1. The lowest BCUT2D eigenvalue weighted by Crippen LogP contribution is -2.49. The standard InChI is InChI=1S/C46H52N10O5/c57-40-14-13-39(46(60)52-40)33-7-4-8-38(24-33)61-28-42(59)55-17-15-32(16-18-55)27-53-19-21-54(22-20-53)36-11-9-34(10-12-36)51-44-43-45(48-29-47-44)56(30-49-43)37-25-35(26-37)50-41(58)23-31-5-2-1-3-6-31/h1-12,24,29-30,32,35,37,39H,13-23,25-28H2,(H,50,58)(H,47,48,51)(H,52,57,60). The van der Waals surface area contributed by atoms with E-state index in [-0.39, 0.29) is 42.3 Å². The second kappa shape index (κ2) is 18.1. The number of piperazine rings is 1. The molecule has 3 aliphatic heterocycles. The number of hydrogen-bond donors (Lipinski definition) is 3. The average molecular weight is 825 g/mol. The SMILES string of the molecule is O=C1CCC(c2cccc(OCC(=O)N3CCC(CN4CCN(c5ccc(Nc6ncnc7c6ncn7C6CC(NC(=O)Cc7ccccc7)C6)cc5)CC4)CC3)c2)C(=O)N1. The predicted octanol–water partition coefficient (Wildman–Crippen LogP) is 4.59. The van der Waals surface area contributed by atoms with Gasteiger partial charge in [0.05, 0.1) is 18.7 Å². The number of carbonyl (C=O) groups excluding carboxylic acids is 4. The Morgan fingerprint density at radius 3 is 2.39 bits per heavy atom. The molecule has 4 aliphatic rings. The number of imide groups is 1. The molecule has 0 spiro atoms. The molecule has 4 amide bonds. The third kappa shape index (κ3) is 9.51. The third-order valence-corrected chi connectivity index (χ3v) is 12.7. The van der Waals surface area contributed by atoms with Crippen LogP contribution in [0.25, 0.3) is 11.2 Å². The molecule has 5 aromatic rings. The van der Waals surface area contributed by atoms with Crippen molar-refractivity contribution in [2.24, 2.45) is 5.92 Å². The second-order valence-corrected chi connectivity index (χ2v) is 16.7. The first-order chi connectivity index (χ1) is 29.8. The molecule has 1 saturated carbocycles. The Balaban J connectivity index is 0.691. The summed E-state index contributed by atoms with van der Waals surface area (Å²) in [5, 5.41) is 9.02. The smallest absolute Gasteiger partial charge is 0.260 e. The molecule has 1 atom stereocenters. The summed E-state index contributed by atoms with van der Waals surface area (Å²) in [6, 6.07) is 25.9. The molecule has 1 unspecified atom stereocenters. The summed E-state index contributed by atoms with van der Waals surface area (Å²) in [6.45, 7) is 6.34. The zero-order valence-electron chi connectivity index (χ0n) is 34.2. The summed E-state index contributed by atoms with van der Waals surface area (Å²) in [5.41, 5.74) is 5.42. The minimum atomic E-state index is -0.391. The number of aromatic nitrogens is 4. The molecule has 5 heterocycles. The lowest BCUT2D eigenvalue weighted by atomic mass is 9.86. The summed E-state index contributed by atoms with van der Waals surface area (Å²) in [4.78, 5) is 70.1. The quantitative estimate of drug-likeness (QED) is 0.142. The summed E-state index contributed by atoms with van der Waals surface area (Å²) in [6.07, 6.45) is 8.19. The fraction of sp³-hybridized carbons (Fsp3) is 0.413. The van der Waals surface area contributed by atoms with Crippen LogP contribution in [0.1, 0.15) is 61.6 Å². The maximum atomic E-state index is 13.0. The molecule has 15 nitrogen and oxygen atoms in total. The van der Waals surface area contributed by atoms with Crippen LogP contribution in [0.15, 0.2) is 91.5 Å². The number of carbonyl (C=O) groups is 4. The molecule has 0 bridgehead atoms. The van der Waals surface area contributed by atoms with Gasteiger partial charge in [-0.2, -0.15) is 0 Å². The molecule has 1 aliphatic carbocycles. The number of ether oxygens (including phenoxy) is 1. The first-order valence-corrected chi connectivity index (χ1v) is 21.5. The number of nitrogens with zero attached hydrogens (tertiary/aromatic N) is 7. The van der Waals surface area contributed by atoms with E-state index in [9.17, 15) is 19.2 Å². The minimum Gasteiger partial charge on any atom is -0.484 e. The van der Waals surface area contributed by atoms with E-state index in [4.69, 9.17) is 4.74 Å². The van der Waals surface area contributed by atoms with Gasteiger partial charge >= 0.3 is 0 Å². The van der Waals surface area contributed by atoms with Crippen molar-refractivity contribution in [3.63, 3.8) is 0 Å². The minimum absolute atomic E-state index is 0.0258. The Morgan fingerprint density at radius 2 is 1.62 bits per heavy atom. The van der Waals surface area contributed by atoms with Gasteiger partial charge in [-0.15, -0.1) is 0 Å². The van der Waals surface area contributed by atoms with Crippen LogP contribution in [0, 0.1) is 5.92 Å². The van der Waals surface area contributed by atoms with Gasteiger partial charge in [0.15, 0.2) is 23.6 Å². The lowest BCUT2D eigenvalue weighted by Gasteiger charge is -2.39. The molecule has 316 valence electrons. The Bertz CT molecular complexity index is 2350. The van der Waals surface area contributed by atoms with Crippen LogP contribution >= 0.6 is 0 Å². The van der Waals surface area contributed by atoms with E-state index in [1.165, 1.54) is 5.69 Å². The number of amides is 4. The second-order valence-electron chi connectivity index (χ2n) is 16.7. The van der Waals surface area contributed by atoms with Crippen molar-refractivity contribution in [3.05, 3.63) is 103 Å². The van der Waals surface area contributed by atoms with Crippen molar-refractivity contribution in [1.29, 1.82) is 0 Å². The van der Waals surface area contributed by atoms with E-state index in [0.29, 0.717) is 36.7 Å². The van der Waals surface area contributed by atoms with Crippen molar-refractivity contribution in [1.82, 2.24) is 40.0 Å². The number of nitrogens with one attached hydrogen (secondary N) is 3. The van der Waals surface area contributed by atoms with Gasteiger partial charge in [-0.25, -0.2) is 15.0 Å². The fourth-order valence-corrected chi connectivity index (χ4v) is 9.08. The van der Waals surface area contributed by atoms with Gasteiger partial charge in [0.1, 0.15) is 12.1 Å². The number of benzene rings is 3. The Labute approximate surface area is 354 Å². The van der Waals surface area contributed by atoms with Gasteiger partial charge in [-0.3, -0.25) is 29.4 Å². The average Bonchev–Trinajstić information content (AvgIpc) is 3.70. The van der Waals surface area contributed by atoms with E-state index in [1.54, 1.807) is 18.5 Å². The van der Waals surface area contributed by atoms with E-state index < -0.39 is 5.92 Å². The van der Waals surface area contributed by atoms with Crippen molar-refractivity contribution in [2.75, 3.05) is 62.6 Å². The molecule has 0 radical (unpaired) electrons. The summed E-state index contributed by atoms with van der Waals surface area (Å²) >= 11 is 0. The molecular weight excluding hydrogens is 773 g/mol. The molecule has 3 N–H and O–H groups in total. The topological polar surface area (TPSA) is 167 Å². The molecule has 15 heteroatoms. The van der Waals surface area contributed by atoms with Gasteiger partial charge in [-0.05, 0) is 85.5 Å². The lowest BCUT2D eigenvalue weighted by molar-refractivity contribution is -0.135. The van der Waals surface area contributed by atoms with E-state index >= 15 is 0 Å². The molecule has 3 saturated heterocycles. The highest BCUT2D eigenvalue weighted by Crippen LogP contribution is 2.35. The van der Waals surface area contributed by atoms with Gasteiger partial charge in [0.25, 0.3) is 5.91 Å². The number of imidazole rings is 1.